The second kappa shape index (κ2) is 4.73. The number of aromatic nitrogens is 1. The van der Waals surface area contributed by atoms with Crippen LogP contribution in [0.25, 0.3) is 0 Å². The van der Waals surface area contributed by atoms with Crippen molar-refractivity contribution >= 4 is 0 Å². The number of hydrogen-bond donors (Lipinski definition) is 1. The summed E-state index contributed by atoms with van der Waals surface area (Å²) in [5, 5.41) is 3.30. The summed E-state index contributed by atoms with van der Waals surface area (Å²) >= 11 is 0. The fraction of sp³-hybridized carbons (Fsp3) is 0.583. The quantitative estimate of drug-likeness (QED) is 0.819. The van der Waals surface area contributed by atoms with Gasteiger partial charge in [-0.05, 0) is 37.9 Å². The summed E-state index contributed by atoms with van der Waals surface area (Å²) in [6, 6.07) is 2.14. The van der Waals surface area contributed by atoms with Crippen LogP contribution in [0.5, 0.6) is 0 Å². The largest absolute Gasteiger partial charge is 0.369 e. The minimum atomic E-state index is 0.141. The van der Waals surface area contributed by atoms with Crippen LogP contribution in [0.3, 0.4) is 0 Å². The highest BCUT2D eigenvalue weighted by Gasteiger charge is 2.18. The molecular formula is C12H18N2O. The lowest BCUT2D eigenvalue weighted by atomic mass is 10.1. The van der Waals surface area contributed by atoms with E-state index < -0.39 is 0 Å². The maximum atomic E-state index is 5.95. The Kier molecular flexibility index (Phi) is 3.34. The number of hydrogen-bond acceptors (Lipinski definition) is 3. The van der Waals surface area contributed by atoms with Gasteiger partial charge in [-0.3, -0.25) is 4.98 Å². The second-order valence-corrected chi connectivity index (χ2v) is 4.19. The minimum Gasteiger partial charge on any atom is -0.369 e. The zero-order valence-electron chi connectivity index (χ0n) is 9.36. The first-order chi connectivity index (χ1) is 7.25. The van der Waals surface area contributed by atoms with E-state index in [0.29, 0.717) is 6.10 Å². The highest BCUT2D eigenvalue weighted by molar-refractivity contribution is 5.18. The lowest BCUT2D eigenvalue weighted by molar-refractivity contribution is 0.00809. The molecule has 2 heterocycles. The molecule has 82 valence electrons. The smallest absolute Gasteiger partial charge is 0.0816 e. The van der Waals surface area contributed by atoms with Crippen molar-refractivity contribution in [2.24, 2.45) is 0 Å². The Morgan fingerprint density at radius 2 is 2.40 bits per heavy atom. The zero-order chi connectivity index (χ0) is 10.7. The average molecular weight is 206 g/mol. The molecule has 1 aliphatic heterocycles. The maximum Gasteiger partial charge on any atom is 0.0816 e. The van der Waals surface area contributed by atoms with Gasteiger partial charge in [0.25, 0.3) is 0 Å². The van der Waals surface area contributed by atoms with Gasteiger partial charge < -0.3 is 10.1 Å². The molecule has 15 heavy (non-hydrogen) atoms. The zero-order valence-corrected chi connectivity index (χ0v) is 9.36. The van der Waals surface area contributed by atoms with Gasteiger partial charge in [0, 0.05) is 18.9 Å². The van der Waals surface area contributed by atoms with Gasteiger partial charge in [0.05, 0.1) is 12.2 Å². The first kappa shape index (κ1) is 10.6. The van der Waals surface area contributed by atoms with Crippen molar-refractivity contribution in [1.29, 1.82) is 0 Å². The summed E-state index contributed by atoms with van der Waals surface area (Å²) in [6.45, 7) is 6.20. The molecule has 0 unspecified atom stereocenters. The van der Waals surface area contributed by atoms with Crippen LogP contribution in [-0.2, 0) is 4.74 Å². The Hall–Kier alpha value is -0.930. The van der Waals surface area contributed by atoms with Crippen LogP contribution in [0, 0.1) is 6.92 Å². The number of pyridine rings is 1. The molecule has 1 N–H and O–H groups in total. The first-order valence-corrected chi connectivity index (χ1v) is 5.53. The van der Waals surface area contributed by atoms with Gasteiger partial charge in [0.1, 0.15) is 0 Å². The third-order valence-electron chi connectivity index (χ3n) is 2.78. The summed E-state index contributed by atoms with van der Waals surface area (Å²) in [7, 11) is 0. The predicted molar refractivity (Wildman–Crippen MR) is 59.7 cm³/mol. The number of nitrogens with one attached hydrogen (secondary N) is 1. The Morgan fingerprint density at radius 3 is 3.07 bits per heavy atom. The summed E-state index contributed by atoms with van der Waals surface area (Å²) in [6.07, 6.45) is 5.37. The monoisotopic (exact) mass is 206 g/mol. The third kappa shape index (κ3) is 2.76. The molecule has 1 aromatic rings. The number of nitrogens with zero attached hydrogens (tertiary/aromatic N) is 1. The third-order valence-corrected chi connectivity index (χ3v) is 2.78. The van der Waals surface area contributed by atoms with Crippen molar-refractivity contribution in [3.8, 4) is 0 Å². The van der Waals surface area contributed by atoms with Crippen molar-refractivity contribution in [1.82, 2.24) is 10.3 Å². The lowest BCUT2D eigenvalue weighted by Gasteiger charge is -2.18. The average Bonchev–Trinajstić information content (AvgIpc) is 2.70. The molecular weight excluding hydrogens is 188 g/mol. The molecule has 0 aliphatic carbocycles. The molecule has 1 fully saturated rings. The van der Waals surface area contributed by atoms with E-state index in [0.717, 1.165) is 19.5 Å². The molecule has 0 bridgehead atoms. The van der Waals surface area contributed by atoms with Gasteiger partial charge >= 0.3 is 0 Å². The van der Waals surface area contributed by atoms with E-state index in [1.807, 2.05) is 12.4 Å². The molecule has 0 amide bonds. The van der Waals surface area contributed by atoms with Crippen LogP contribution in [0.4, 0.5) is 0 Å². The van der Waals surface area contributed by atoms with E-state index in [-0.39, 0.29) is 6.10 Å². The van der Waals surface area contributed by atoms with Crippen molar-refractivity contribution in [3.05, 3.63) is 29.6 Å². The molecule has 2 rings (SSSR count). The van der Waals surface area contributed by atoms with Crippen molar-refractivity contribution in [2.45, 2.75) is 32.5 Å². The Labute approximate surface area is 90.9 Å². The van der Waals surface area contributed by atoms with Crippen molar-refractivity contribution < 1.29 is 4.74 Å². The van der Waals surface area contributed by atoms with Crippen molar-refractivity contribution in [3.63, 3.8) is 0 Å². The van der Waals surface area contributed by atoms with E-state index in [9.17, 15) is 0 Å². The molecule has 1 aromatic heterocycles. The van der Waals surface area contributed by atoms with Gasteiger partial charge in [-0.2, -0.15) is 0 Å². The highest BCUT2D eigenvalue weighted by Crippen LogP contribution is 2.20. The van der Waals surface area contributed by atoms with Gasteiger partial charge in [0.15, 0.2) is 0 Å². The molecule has 0 saturated carbocycles. The van der Waals surface area contributed by atoms with Gasteiger partial charge in [-0.25, -0.2) is 0 Å². The number of aryl methyl sites for hydroxylation is 1. The predicted octanol–water partition coefficient (Wildman–Crippen LogP) is 1.83. The highest BCUT2D eigenvalue weighted by atomic mass is 16.5. The van der Waals surface area contributed by atoms with Gasteiger partial charge in [-0.15, -0.1) is 0 Å². The van der Waals surface area contributed by atoms with Crippen LogP contribution in [0.15, 0.2) is 18.5 Å². The normalized spacial score (nSPS) is 22.9. The van der Waals surface area contributed by atoms with E-state index >= 15 is 0 Å². The Bertz CT molecular complexity index is 321. The maximum absolute atomic E-state index is 5.95. The molecule has 1 aliphatic rings. The topological polar surface area (TPSA) is 34.1 Å². The van der Waals surface area contributed by atoms with E-state index in [4.69, 9.17) is 4.74 Å². The van der Waals surface area contributed by atoms with E-state index in [1.165, 1.54) is 11.1 Å². The second-order valence-electron chi connectivity index (χ2n) is 4.19. The number of rotatable bonds is 3. The summed E-state index contributed by atoms with van der Waals surface area (Å²) < 4.78 is 5.95. The molecule has 3 heteroatoms. The fourth-order valence-corrected chi connectivity index (χ4v) is 1.91. The van der Waals surface area contributed by atoms with Crippen LogP contribution in [0.1, 0.15) is 30.6 Å². The van der Waals surface area contributed by atoms with Crippen LogP contribution in [0.2, 0.25) is 0 Å². The fourth-order valence-electron chi connectivity index (χ4n) is 1.91. The van der Waals surface area contributed by atoms with Gasteiger partial charge in [0.2, 0.25) is 0 Å². The standard InChI is InChI=1S/C12H18N2O/c1-9-5-11(7-14-6-9)10(2)15-12-3-4-13-8-12/h5-7,10,12-13H,3-4,8H2,1-2H3/t10-,12+/m1/s1. The number of ether oxygens (including phenoxy) is 1. The summed E-state index contributed by atoms with van der Waals surface area (Å²) in [5.41, 5.74) is 2.36. The Morgan fingerprint density at radius 1 is 1.53 bits per heavy atom. The van der Waals surface area contributed by atoms with E-state index in [1.54, 1.807) is 0 Å². The molecule has 0 aromatic carbocycles. The minimum absolute atomic E-state index is 0.141. The van der Waals surface area contributed by atoms with Crippen LogP contribution < -0.4 is 5.32 Å². The van der Waals surface area contributed by atoms with Crippen LogP contribution >= 0.6 is 0 Å². The SMILES string of the molecule is Cc1cncc([C@@H](C)O[C@H]2CCNC2)c1. The van der Waals surface area contributed by atoms with Gasteiger partial charge in [-0.1, -0.05) is 6.07 Å². The lowest BCUT2D eigenvalue weighted by Crippen LogP contribution is -2.18. The van der Waals surface area contributed by atoms with E-state index in [2.05, 4.69) is 30.2 Å². The summed E-state index contributed by atoms with van der Waals surface area (Å²) in [5.74, 6) is 0. The van der Waals surface area contributed by atoms with Crippen molar-refractivity contribution in [2.75, 3.05) is 13.1 Å². The first-order valence-electron chi connectivity index (χ1n) is 5.53. The molecule has 0 radical (unpaired) electrons. The molecule has 2 atom stereocenters. The summed E-state index contributed by atoms with van der Waals surface area (Å²) in [4.78, 5) is 4.18. The molecule has 1 saturated heterocycles. The molecule has 0 spiro atoms. The Balaban J connectivity index is 1.97. The molecule has 3 nitrogen and oxygen atoms in total. The van der Waals surface area contributed by atoms with Crippen LogP contribution in [-0.4, -0.2) is 24.2 Å².